The van der Waals surface area contributed by atoms with Crippen LogP contribution in [0.4, 0.5) is 0 Å². The molecule has 1 aliphatic heterocycles. The maximum atomic E-state index is 12.6. The van der Waals surface area contributed by atoms with Crippen molar-refractivity contribution in [2.75, 3.05) is 19.8 Å². The van der Waals surface area contributed by atoms with Crippen molar-refractivity contribution in [3.05, 3.63) is 85.1 Å². The van der Waals surface area contributed by atoms with Crippen molar-refractivity contribution in [2.24, 2.45) is 0 Å². The first-order chi connectivity index (χ1) is 23.8. The third-order valence-corrected chi connectivity index (χ3v) is 7.37. The minimum Gasteiger partial charge on any atom is -0.462 e. The van der Waals surface area contributed by atoms with Gasteiger partial charge in [0.25, 0.3) is 0 Å². The zero-order valence-electron chi connectivity index (χ0n) is 29.4. The zero-order valence-corrected chi connectivity index (χ0v) is 29.4. The normalized spacial score (nSPS) is 22.6. The second-order valence-electron chi connectivity index (χ2n) is 11.6. The lowest BCUT2D eigenvalue weighted by atomic mass is 9.99. The van der Waals surface area contributed by atoms with Crippen LogP contribution >= 0.6 is 0 Å². The minimum absolute atomic E-state index is 0.168. The fourth-order valence-corrected chi connectivity index (χ4v) is 4.57. The van der Waals surface area contributed by atoms with E-state index in [9.17, 15) is 30.0 Å². The summed E-state index contributed by atoms with van der Waals surface area (Å²) in [4.78, 5) is 25.0. The van der Waals surface area contributed by atoms with Gasteiger partial charge in [0.05, 0.1) is 13.2 Å². The first-order valence-corrected chi connectivity index (χ1v) is 17.7. The number of hydrogen-bond donors (Lipinski definition) is 4. The molecule has 6 atom stereocenters. The molecule has 0 spiro atoms. The van der Waals surface area contributed by atoms with Gasteiger partial charge in [0.1, 0.15) is 31.0 Å². The number of carbonyl (C=O) groups is 2. The summed E-state index contributed by atoms with van der Waals surface area (Å²) in [7, 11) is 0. The predicted molar refractivity (Wildman–Crippen MR) is 191 cm³/mol. The second kappa shape index (κ2) is 29.8. The third kappa shape index (κ3) is 22.3. The Morgan fingerprint density at radius 1 is 0.653 bits per heavy atom. The van der Waals surface area contributed by atoms with Crippen LogP contribution in [0.25, 0.3) is 0 Å². The summed E-state index contributed by atoms with van der Waals surface area (Å²) in [5, 5.41) is 39.8. The smallest absolute Gasteiger partial charge is 0.306 e. The average Bonchev–Trinajstić information content (AvgIpc) is 3.10. The van der Waals surface area contributed by atoms with Gasteiger partial charge < -0.3 is 39.4 Å². The molecule has 4 N–H and O–H groups in total. The SMILES string of the molecule is CC/C=C/C=C/C=C/C=C/CCCCCC(=O)OC(COC(=O)CCC/C=C/C/C=C/C/C=C/CC)CO[C@@H]1O[C@H](CO)[C@H](O)C(O)C1O. The highest BCUT2D eigenvalue weighted by atomic mass is 16.7. The van der Waals surface area contributed by atoms with Gasteiger partial charge in [-0.1, -0.05) is 105 Å². The lowest BCUT2D eigenvalue weighted by molar-refractivity contribution is -0.305. The van der Waals surface area contributed by atoms with Crippen molar-refractivity contribution >= 4 is 11.9 Å². The van der Waals surface area contributed by atoms with Gasteiger partial charge in [0, 0.05) is 12.8 Å². The molecule has 1 fully saturated rings. The Morgan fingerprint density at radius 2 is 1.27 bits per heavy atom. The molecule has 1 rings (SSSR count). The van der Waals surface area contributed by atoms with Gasteiger partial charge in [-0.15, -0.1) is 0 Å². The molecule has 0 aromatic rings. The Labute approximate surface area is 293 Å². The highest BCUT2D eigenvalue weighted by Gasteiger charge is 2.44. The van der Waals surface area contributed by atoms with E-state index in [4.69, 9.17) is 18.9 Å². The molecular formula is C39H60O10. The Kier molecular flexibility index (Phi) is 26.7. The van der Waals surface area contributed by atoms with Gasteiger partial charge in [-0.2, -0.15) is 0 Å². The summed E-state index contributed by atoms with van der Waals surface area (Å²) in [6.07, 6.45) is 29.0. The van der Waals surface area contributed by atoms with E-state index >= 15 is 0 Å². The molecule has 10 heteroatoms. The van der Waals surface area contributed by atoms with Crippen molar-refractivity contribution in [3.8, 4) is 0 Å². The summed E-state index contributed by atoms with van der Waals surface area (Å²) < 4.78 is 21.9. The van der Waals surface area contributed by atoms with Crippen molar-refractivity contribution in [1.82, 2.24) is 0 Å². The van der Waals surface area contributed by atoms with E-state index in [1.54, 1.807) is 0 Å². The van der Waals surface area contributed by atoms with Crippen molar-refractivity contribution in [3.63, 3.8) is 0 Å². The lowest BCUT2D eigenvalue weighted by Crippen LogP contribution is -2.59. The van der Waals surface area contributed by atoms with Gasteiger partial charge in [-0.25, -0.2) is 0 Å². The van der Waals surface area contributed by atoms with Crippen LogP contribution in [0.2, 0.25) is 0 Å². The van der Waals surface area contributed by atoms with Crippen molar-refractivity contribution < 1.29 is 49.0 Å². The molecule has 1 saturated heterocycles. The maximum Gasteiger partial charge on any atom is 0.306 e. The number of hydrogen-bond acceptors (Lipinski definition) is 10. The molecular weight excluding hydrogens is 628 g/mol. The highest BCUT2D eigenvalue weighted by molar-refractivity contribution is 5.70. The molecule has 0 radical (unpaired) electrons. The maximum absolute atomic E-state index is 12.6. The Balaban J connectivity index is 2.52. The molecule has 0 bridgehead atoms. The lowest BCUT2D eigenvalue weighted by Gasteiger charge is -2.39. The molecule has 1 aliphatic rings. The molecule has 0 aromatic heterocycles. The fraction of sp³-hybridized carbons (Fsp3) is 0.590. The summed E-state index contributed by atoms with van der Waals surface area (Å²) in [6, 6.07) is 0. The average molecular weight is 689 g/mol. The van der Waals surface area contributed by atoms with Gasteiger partial charge in [-0.05, 0) is 57.8 Å². The molecule has 0 amide bonds. The first kappa shape index (κ1) is 43.9. The molecule has 1 heterocycles. The number of allylic oxidation sites excluding steroid dienone is 14. The Morgan fingerprint density at radius 3 is 1.96 bits per heavy atom. The van der Waals surface area contributed by atoms with E-state index in [1.165, 1.54) is 0 Å². The summed E-state index contributed by atoms with van der Waals surface area (Å²) in [5.74, 6) is -0.932. The standard InChI is InChI=1S/C39H60O10/c1-3-5-7-9-11-13-15-16-18-20-22-24-26-28-35(42)48-32(31-47-39-38(45)37(44)36(43)33(29-40)49-39)30-46-34(41)27-25-23-21-19-17-14-12-10-8-6-4-2/h5-9,11-16,18-19,21,32-33,36-40,43-45H,3-4,10,17,20,22-31H2,1-2H3/b7-5+,8-6+,11-9+,14-12+,15-13+,18-16+,21-19+/t32?,33-,36+,37?,38?,39-/m1/s1. The van der Waals surface area contributed by atoms with Gasteiger partial charge in [-0.3, -0.25) is 9.59 Å². The van der Waals surface area contributed by atoms with E-state index in [0.29, 0.717) is 12.8 Å². The van der Waals surface area contributed by atoms with Crippen LogP contribution in [0.3, 0.4) is 0 Å². The topological polar surface area (TPSA) is 152 Å². The quantitative estimate of drug-likeness (QED) is 0.0376. The predicted octanol–water partition coefficient (Wildman–Crippen LogP) is 5.87. The molecule has 3 unspecified atom stereocenters. The highest BCUT2D eigenvalue weighted by Crippen LogP contribution is 2.22. The van der Waals surface area contributed by atoms with Crippen LogP contribution in [0.5, 0.6) is 0 Å². The van der Waals surface area contributed by atoms with Gasteiger partial charge in [0.2, 0.25) is 0 Å². The molecule has 0 aromatic carbocycles. The number of aliphatic hydroxyl groups excluding tert-OH is 4. The van der Waals surface area contributed by atoms with E-state index in [-0.39, 0.29) is 26.1 Å². The van der Waals surface area contributed by atoms with E-state index in [0.717, 1.165) is 51.4 Å². The van der Waals surface area contributed by atoms with Crippen LogP contribution in [0.1, 0.15) is 90.9 Å². The van der Waals surface area contributed by atoms with Crippen molar-refractivity contribution in [1.29, 1.82) is 0 Å². The van der Waals surface area contributed by atoms with Crippen LogP contribution in [-0.4, -0.2) is 89.0 Å². The zero-order chi connectivity index (χ0) is 36.0. The van der Waals surface area contributed by atoms with Crippen LogP contribution in [0.15, 0.2) is 85.1 Å². The fourth-order valence-electron chi connectivity index (χ4n) is 4.57. The largest absolute Gasteiger partial charge is 0.462 e. The minimum atomic E-state index is -1.61. The number of ether oxygens (including phenoxy) is 4. The summed E-state index contributed by atoms with van der Waals surface area (Å²) >= 11 is 0. The van der Waals surface area contributed by atoms with Gasteiger partial charge >= 0.3 is 11.9 Å². The number of unbranched alkanes of at least 4 members (excludes halogenated alkanes) is 4. The van der Waals surface area contributed by atoms with E-state index in [2.05, 4.69) is 56.4 Å². The van der Waals surface area contributed by atoms with Crippen LogP contribution in [0, 0.1) is 0 Å². The molecule has 0 saturated carbocycles. The van der Waals surface area contributed by atoms with E-state index < -0.39 is 55.4 Å². The molecule has 10 nitrogen and oxygen atoms in total. The summed E-state index contributed by atoms with van der Waals surface area (Å²) in [5.41, 5.74) is 0. The second-order valence-corrected chi connectivity index (χ2v) is 11.6. The number of aliphatic hydroxyl groups is 4. The van der Waals surface area contributed by atoms with Crippen LogP contribution < -0.4 is 0 Å². The molecule has 49 heavy (non-hydrogen) atoms. The van der Waals surface area contributed by atoms with Gasteiger partial charge in [0.15, 0.2) is 12.4 Å². The first-order valence-electron chi connectivity index (χ1n) is 17.7. The number of rotatable bonds is 26. The summed E-state index contributed by atoms with van der Waals surface area (Å²) in [6.45, 7) is 3.01. The Bertz CT molecular complexity index is 1070. The van der Waals surface area contributed by atoms with Crippen molar-refractivity contribution in [2.45, 2.75) is 128 Å². The van der Waals surface area contributed by atoms with E-state index in [1.807, 2.05) is 42.5 Å². The molecule has 0 aliphatic carbocycles. The van der Waals surface area contributed by atoms with Crippen LogP contribution in [-0.2, 0) is 28.5 Å². The molecule has 276 valence electrons. The third-order valence-electron chi connectivity index (χ3n) is 7.37. The number of carbonyl (C=O) groups excluding carboxylic acids is 2. The number of esters is 2. The Hall–Kier alpha value is -3.12. The monoisotopic (exact) mass is 688 g/mol.